The first kappa shape index (κ1) is 64.0. The summed E-state index contributed by atoms with van der Waals surface area (Å²) in [7, 11) is 6.74. The van der Waals surface area contributed by atoms with E-state index in [2.05, 4.69) is 15.8 Å². The van der Waals surface area contributed by atoms with Crippen molar-refractivity contribution in [2.75, 3.05) is 53.3 Å². The molecule has 0 aliphatic carbocycles. The van der Waals surface area contributed by atoms with Crippen LogP contribution < -0.4 is 16.1 Å². The molecule has 0 amide bonds. The topological polar surface area (TPSA) is 285 Å². The lowest BCUT2D eigenvalue weighted by Crippen LogP contribution is -2.62. The normalized spacial score (nSPS) is 38.7. The van der Waals surface area contributed by atoms with Gasteiger partial charge in [0.2, 0.25) is 5.43 Å². The van der Waals surface area contributed by atoms with E-state index in [-0.39, 0.29) is 56.0 Å². The monoisotopic (exact) mass is 1120 g/mol. The number of ether oxygens (including phenoxy) is 8. The molecular weight excluding hydrogens is 1030 g/mol. The molecule has 0 bridgehead atoms. The lowest BCUT2D eigenvalue weighted by molar-refractivity contribution is -0.320. The smallest absolute Gasteiger partial charge is 0.341 e. The van der Waals surface area contributed by atoms with Crippen molar-refractivity contribution in [3.05, 3.63) is 44.6 Å². The fourth-order valence-corrected chi connectivity index (χ4v) is 12.9. The van der Waals surface area contributed by atoms with Gasteiger partial charge in [0.15, 0.2) is 18.7 Å². The van der Waals surface area contributed by atoms with Gasteiger partial charge >= 0.3 is 17.9 Å². The molecule has 446 valence electrons. The number of benzene rings is 1. The van der Waals surface area contributed by atoms with Crippen LogP contribution in [-0.2, 0) is 53.9 Å². The number of likely N-dealkylation sites (N-methyl/N-ethyl adjacent to an activating group) is 1. The summed E-state index contributed by atoms with van der Waals surface area (Å²) >= 11 is 0. The molecule has 2 unspecified atom stereocenters. The van der Waals surface area contributed by atoms with Gasteiger partial charge in [-0.3, -0.25) is 14.4 Å². The molecule has 22 nitrogen and oxygen atoms in total. The standard InChI is InChI=1S/C57H91N5O17/c1-16-41-57(11,70)49(66)32(5)44(60-71)29(2)26-55(9,72-14)50(79-54-47(65)40(61(12)13)23-31(4)74-54)33(6)48(34(7)53(69)76-41)78-43-27-56(10,73-15)51(35(8)75-43)77-42(63)19-20-58-21-22-59-37-24-36-18-17-30(3)62-28-39(52(67)68)46(64)38(25-37)45(36)62/h24-25,28-35,40-41,43-44,47-51,54,58-59,65-66,70H,16-23,26-27H2,1-15H3,(H,67,68)/t29-,30?,31-,32+,33+,34-,35+,40+,41-,43+,44?,47-,48+,49-,50-,51+,54+,55-,56-,57-/m1/s1. The summed E-state index contributed by atoms with van der Waals surface area (Å²) in [4.78, 5) is 68.1. The highest BCUT2D eigenvalue weighted by Gasteiger charge is 2.55. The first-order valence-electron chi connectivity index (χ1n) is 28.2. The zero-order valence-electron chi connectivity index (χ0n) is 49.1. The third-order valence-electron chi connectivity index (χ3n) is 17.7. The van der Waals surface area contributed by atoms with Crippen LogP contribution in [0.3, 0.4) is 0 Å². The van der Waals surface area contributed by atoms with Crippen molar-refractivity contribution in [1.29, 1.82) is 0 Å². The number of anilines is 1. The summed E-state index contributed by atoms with van der Waals surface area (Å²) in [6.07, 6.45) is -6.50. The van der Waals surface area contributed by atoms with Crippen LogP contribution in [0, 0.1) is 28.6 Å². The number of pyridine rings is 1. The highest BCUT2D eigenvalue weighted by molar-refractivity contribution is 5.95. The van der Waals surface area contributed by atoms with E-state index < -0.39 is 125 Å². The zero-order chi connectivity index (χ0) is 58.6. The van der Waals surface area contributed by atoms with Gasteiger partial charge in [0, 0.05) is 81.5 Å². The SMILES string of the molecule is CC[C@H]1OC(=O)[C@H](C)[C@@H](O[C@H]2C[C@@](C)(OC)[C@@H](OC(=O)CCNCCNc3cc4c5c(c3)c(=O)c(C(=O)O)cn5C(C)CC4)[C@H](C)O2)[C@H](C)[C@@H](O[C@@H]2O[C@H](C)C[C@H](N(C)C)[C@H]2O)[C@](C)(OC)C[C@@H](C)C(N=O)[C@H](C)[C@@H](O)[C@]1(C)O. The van der Waals surface area contributed by atoms with Gasteiger partial charge in [0.05, 0.1) is 60.0 Å². The number of aliphatic hydroxyl groups excluding tert-OH is 2. The van der Waals surface area contributed by atoms with Crippen LogP contribution in [0.5, 0.6) is 0 Å². The van der Waals surface area contributed by atoms with E-state index in [4.69, 9.17) is 37.9 Å². The van der Waals surface area contributed by atoms with Crippen LogP contribution in [0.1, 0.15) is 137 Å². The van der Waals surface area contributed by atoms with Crippen molar-refractivity contribution in [3.63, 3.8) is 0 Å². The number of aromatic nitrogens is 1. The number of carboxylic acids is 1. The molecular formula is C57H91N5O17. The van der Waals surface area contributed by atoms with E-state index in [1.54, 1.807) is 47.6 Å². The van der Waals surface area contributed by atoms with Crippen LogP contribution in [0.25, 0.3) is 10.9 Å². The maximum atomic E-state index is 14.6. The Morgan fingerprint density at radius 2 is 1.58 bits per heavy atom. The molecule has 5 heterocycles. The number of aryl methyl sites for hydroxylation is 1. The molecule has 0 saturated carbocycles. The van der Waals surface area contributed by atoms with Gasteiger partial charge in [-0.1, -0.05) is 32.9 Å². The minimum Gasteiger partial charge on any atom is -0.477 e. The molecule has 4 aliphatic rings. The number of hydrogen-bond acceptors (Lipinski definition) is 20. The molecule has 3 fully saturated rings. The van der Waals surface area contributed by atoms with Crippen molar-refractivity contribution >= 4 is 34.5 Å². The first-order valence-corrected chi connectivity index (χ1v) is 28.2. The van der Waals surface area contributed by atoms with Gasteiger partial charge in [0.1, 0.15) is 29.0 Å². The Hall–Kier alpha value is -4.20. The third-order valence-corrected chi connectivity index (χ3v) is 17.7. The Morgan fingerprint density at radius 1 is 0.911 bits per heavy atom. The van der Waals surface area contributed by atoms with E-state index in [1.807, 2.05) is 57.3 Å². The molecule has 1 aromatic carbocycles. The number of esters is 2. The van der Waals surface area contributed by atoms with Crippen LogP contribution in [0.4, 0.5) is 5.69 Å². The van der Waals surface area contributed by atoms with E-state index in [0.29, 0.717) is 30.6 Å². The molecule has 1 aromatic heterocycles. The Morgan fingerprint density at radius 3 is 2.20 bits per heavy atom. The Kier molecular flexibility index (Phi) is 21.4. The van der Waals surface area contributed by atoms with Crippen molar-refractivity contribution < 1.29 is 72.7 Å². The van der Waals surface area contributed by atoms with Crippen molar-refractivity contribution in [1.82, 2.24) is 14.8 Å². The van der Waals surface area contributed by atoms with Gasteiger partial charge in [-0.15, -0.1) is 0 Å². The minimum absolute atomic E-state index is 0.00888. The summed E-state index contributed by atoms with van der Waals surface area (Å²) in [5.41, 5.74) is -2.86. The summed E-state index contributed by atoms with van der Waals surface area (Å²) in [6.45, 7) is 20.4. The number of cyclic esters (lactones) is 1. The minimum atomic E-state index is -2.01. The van der Waals surface area contributed by atoms with E-state index >= 15 is 0 Å². The largest absolute Gasteiger partial charge is 0.477 e. The highest BCUT2D eigenvalue weighted by Crippen LogP contribution is 2.43. The predicted molar refractivity (Wildman–Crippen MR) is 294 cm³/mol. The average molecular weight is 1120 g/mol. The number of carboxylic acid groups (broad SMARTS) is 1. The number of carbonyl (C=O) groups excluding carboxylic acids is 2. The molecule has 79 heavy (non-hydrogen) atoms. The highest BCUT2D eigenvalue weighted by atomic mass is 16.7. The molecule has 22 heteroatoms. The number of carbonyl (C=O) groups is 3. The molecule has 6 rings (SSSR count). The van der Waals surface area contributed by atoms with Gasteiger partial charge in [-0.25, -0.2) is 4.79 Å². The predicted octanol–water partition coefficient (Wildman–Crippen LogP) is 5.17. The lowest BCUT2D eigenvalue weighted by atomic mass is 9.72. The number of nitroso groups, excluding NO2 is 1. The quantitative estimate of drug-likeness (QED) is 0.0638. The summed E-state index contributed by atoms with van der Waals surface area (Å²) in [5.74, 6) is -5.92. The van der Waals surface area contributed by atoms with Crippen LogP contribution in [0.15, 0.2) is 28.3 Å². The van der Waals surface area contributed by atoms with Gasteiger partial charge in [0.25, 0.3) is 0 Å². The van der Waals surface area contributed by atoms with Gasteiger partial charge in [-0.2, -0.15) is 4.91 Å². The molecule has 4 aliphatic heterocycles. The fourth-order valence-electron chi connectivity index (χ4n) is 12.9. The molecule has 6 N–H and O–H groups in total. The van der Waals surface area contributed by atoms with Gasteiger partial charge in [-0.05, 0) is 118 Å². The van der Waals surface area contributed by atoms with Crippen molar-refractivity contribution in [2.45, 2.75) is 217 Å². The number of rotatable bonds is 18. The van der Waals surface area contributed by atoms with Crippen molar-refractivity contribution in [3.8, 4) is 0 Å². The summed E-state index contributed by atoms with van der Waals surface area (Å²) in [6, 6.07) is 2.35. The Balaban J connectivity index is 1.20. The second-order valence-corrected chi connectivity index (χ2v) is 23.9. The van der Waals surface area contributed by atoms with Crippen LogP contribution in [0.2, 0.25) is 0 Å². The van der Waals surface area contributed by atoms with E-state index in [0.717, 1.165) is 23.9 Å². The Bertz CT molecular complexity index is 2490. The van der Waals surface area contributed by atoms with E-state index in [1.165, 1.54) is 27.3 Å². The summed E-state index contributed by atoms with van der Waals surface area (Å²) in [5, 5.41) is 55.7. The maximum Gasteiger partial charge on any atom is 0.341 e. The maximum absolute atomic E-state index is 14.6. The molecule has 2 aromatic rings. The number of nitrogens with one attached hydrogen (secondary N) is 2. The van der Waals surface area contributed by atoms with Crippen molar-refractivity contribution in [2.24, 2.45) is 28.8 Å². The average Bonchev–Trinajstić information content (AvgIpc) is 3.47. The molecule has 20 atom stereocenters. The second-order valence-electron chi connectivity index (χ2n) is 23.9. The van der Waals surface area contributed by atoms with E-state index in [9.17, 15) is 44.5 Å². The number of aliphatic hydroxyl groups is 3. The van der Waals surface area contributed by atoms with Gasteiger partial charge < -0.3 is 78.4 Å². The number of methoxy groups -OCH3 is 2. The van der Waals surface area contributed by atoms with Crippen LogP contribution >= 0.6 is 0 Å². The van der Waals surface area contributed by atoms with Crippen LogP contribution in [-0.4, -0.2) is 186 Å². The first-order chi connectivity index (χ1) is 37.1. The lowest BCUT2D eigenvalue weighted by Gasteiger charge is -2.50. The molecule has 3 saturated heterocycles. The zero-order valence-corrected chi connectivity index (χ0v) is 49.1. The number of nitrogens with zero attached hydrogens (tertiary/aromatic N) is 3. The summed E-state index contributed by atoms with van der Waals surface area (Å²) < 4.78 is 53.4. The Labute approximate surface area is 464 Å². The second kappa shape index (κ2) is 26.4. The third kappa shape index (κ3) is 13.8. The molecule has 0 radical (unpaired) electrons. The number of hydrogen-bond donors (Lipinski definition) is 6. The fraction of sp³-hybridized carbons (Fsp3) is 0.789. The number of aromatic carboxylic acids is 1. The molecule has 0 spiro atoms.